The highest BCUT2D eigenvalue weighted by molar-refractivity contribution is 7.63. The molecule has 0 aliphatic carbocycles. The highest BCUT2D eigenvalue weighted by Crippen LogP contribution is 2.67. The first-order chi connectivity index (χ1) is 65.6. The number of phosphoric ester groups is 1. The molecular weight excluding hydrogens is 1910 g/mol. The zero-order valence-electron chi connectivity index (χ0n) is 75.6. The van der Waals surface area contributed by atoms with E-state index in [2.05, 4.69) is 78.7 Å². The van der Waals surface area contributed by atoms with Crippen molar-refractivity contribution in [1.82, 2.24) is 58.1 Å². The standard InChI is InChI=1S/C40H42F2N10O12P2.C40H42F2N10O11P2.C4H10O2.2B/c1-22(2)25(53)15-24-16-26(54)31-37(49-24)52(20-47-31)40-30(42)34-27(61-40)17-59-65(3,57-13-7-11-43)63-33-28(18-60-66(56,64-34)58-14-8-12-44)62-39(29(33)41)51-21-48-32-35(45-19-46-36(32)51)50-38(55)23-9-5-4-6-10-23;1-22(2)25(53)15-24-16-26(54)31-37(49-24)52(20-47-31)39-29(41)33-28(61-39)18-59-65(3,58-14-8-12-44)63-34-27(17-57-64(62-33)56-13-7-11-43)60-40(30(34)42)51-21-48-32-35(45-19-46-36(32)51)50-38(55)23-9-5-4-6-10-23;1-4(2,3)6-5;;/h4-6,9-10,19-22,27-30,33-34,39-40H,3,7-8,13-18H2,1-2H3,(H,45,46,50,55);4-6,9-10,19-22,27-30,33-34,39-40H,3,7-8,13-18H2,1-2H3,(H,45,46,50,55);5H,1-3H3;;/t27-,28?,29-,30-,33-,34-,39-,40-,65?,66?;27?,28-,29-,30-,33-,34-,39-,40-,64?,65?;;;/m11.../s1. The highest BCUT2D eigenvalue weighted by Gasteiger charge is 2.60. The van der Waals surface area contributed by atoms with E-state index in [0.29, 0.717) is 11.1 Å². The Morgan fingerprint density at radius 2 is 0.942 bits per heavy atom. The molecule has 3 N–H and O–H groups in total. The van der Waals surface area contributed by atoms with Gasteiger partial charge in [-0.2, -0.15) is 30.1 Å². The number of benzene rings is 2. The predicted octanol–water partition coefficient (Wildman–Crippen LogP) is 12.8. The summed E-state index contributed by atoms with van der Waals surface area (Å²) in [6.45, 7) is 16.5. The molecule has 20 atom stereocenters. The topological polar surface area (TPSA) is 563 Å². The summed E-state index contributed by atoms with van der Waals surface area (Å²) in [6, 6.07) is 24.4. The largest absolute Gasteiger partial charge is 0.475 e. The van der Waals surface area contributed by atoms with Crippen molar-refractivity contribution in [3.63, 3.8) is 0 Å². The van der Waals surface area contributed by atoms with Gasteiger partial charge in [0, 0.05) is 64.1 Å². The molecule has 139 heavy (non-hydrogen) atoms. The summed E-state index contributed by atoms with van der Waals surface area (Å²) in [5, 5.41) is 50.4. The average molecular weight is 2010 g/mol. The Morgan fingerprint density at radius 1 is 0.554 bits per heavy atom. The molecule has 6 aromatic heterocycles. The number of ether oxygens (including phenoxy) is 4. The van der Waals surface area contributed by atoms with Gasteiger partial charge in [0.1, 0.15) is 87.3 Å². The molecule has 6 fully saturated rings. The number of hydrogen-bond donors (Lipinski definition) is 3. The molecule has 6 unspecified atom stereocenters. The van der Waals surface area contributed by atoms with Crippen LogP contribution in [0.2, 0.25) is 0 Å². The lowest BCUT2D eigenvalue weighted by Crippen LogP contribution is -2.38. The van der Waals surface area contributed by atoms with Gasteiger partial charge >= 0.3 is 16.4 Å². The summed E-state index contributed by atoms with van der Waals surface area (Å²) in [7, 11) is -15.4. The number of rotatable bonds is 26. The third-order valence-corrected chi connectivity index (χ3v) is 27.6. The first kappa shape index (κ1) is 107. The van der Waals surface area contributed by atoms with Crippen LogP contribution in [-0.4, -0.2) is 259 Å². The van der Waals surface area contributed by atoms with Gasteiger partial charge in [-0.15, -0.1) is 0 Å². The number of aromatic nitrogens is 12. The molecule has 2 aromatic carbocycles. The molecule has 6 saturated heterocycles. The predicted molar refractivity (Wildman–Crippen MR) is 482 cm³/mol. The van der Waals surface area contributed by atoms with Crippen LogP contribution in [0.1, 0.15) is 166 Å². The molecule has 6 radical (unpaired) electrons. The molecule has 8 aliphatic heterocycles. The van der Waals surface area contributed by atoms with Crippen LogP contribution < -0.4 is 10.6 Å². The number of fused-ring (bicyclic) bond motifs is 8. The number of Topliss-reactive ketones (excluding diaryl/α,β-unsaturated/α-hetero) is 4. The van der Waals surface area contributed by atoms with Crippen molar-refractivity contribution in [3.05, 3.63) is 134 Å². The number of nitriles is 4. The fourth-order valence-electron chi connectivity index (χ4n) is 14.7. The van der Waals surface area contributed by atoms with Crippen LogP contribution in [0.4, 0.5) is 40.8 Å². The van der Waals surface area contributed by atoms with E-state index in [1.807, 2.05) is 24.3 Å². The molecule has 45 nitrogen and oxygen atoms in total. The average Bonchev–Trinajstić information content (AvgIpc) is 1.61. The molecule has 14 heterocycles. The minimum atomic E-state index is -4.94. The van der Waals surface area contributed by atoms with E-state index in [1.54, 1.807) is 109 Å². The Labute approximate surface area is 798 Å². The Kier molecular flexibility index (Phi) is 36.6. The van der Waals surface area contributed by atoms with Gasteiger partial charge in [0.05, 0.1) is 120 Å². The SMILES string of the molecule is CC(C)(C)OO.[B].[B].[CH2-][P+]1(OCCC#N)OC[C@H]2O[C@@H](n3cnc4c3N=C(CC(=O)C(C)C)CC4=O)[C@H](F)[C@@H]2OP(=O)(OCCC#N)OCC2O[C@@H](n3cnc4c(NC(=O)c5ccccc5)ncnc43)[C@H](F)[C@@H]2O1.[CH2-][P+]1(OCCC#N)OC[C@H]2O[C@@H](n3cnc4c3N=C(CC(=O)C(C)C)CC4=O)[C@H](F)[C@@H]2OP(OCCC#N)OCC2O[C@@H](n3cnc4c(NC(=O)c5ccccc5)ncnc43)[C@H](F)[C@@H]2O1. The number of halogens is 4. The molecule has 8 aromatic rings. The van der Waals surface area contributed by atoms with Crippen molar-refractivity contribution >= 4 is 141 Å². The highest BCUT2D eigenvalue weighted by atomic mass is 31.2. The maximum Gasteiger partial charge on any atom is 0.475 e. The number of ketones is 4. The van der Waals surface area contributed by atoms with Gasteiger partial charge in [0.2, 0.25) is 0 Å². The lowest BCUT2D eigenvalue weighted by molar-refractivity contribution is -0.306. The monoisotopic (exact) mass is 2000 g/mol. The van der Waals surface area contributed by atoms with Crippen LogP contribution in [0.25, 0.3) is 22.3 Å². The molecule has 0 saturated carbocycles. The van der Waals surface area contributed by atoms with Crippen molar-refractivity contribution < 1.29 is 134 Å². The number of phosphoric acid groups is 1. The number of carbonyl (C=O) groups excluding carboxylic acids is 6. The number of alkyl halides is 4. The normalized spacial score (nSPS) is 28.4. The molecule has 8 aliphatic rings. The van der Waals surface area contributed by atoms with Crippen molar-refractivity contribution in [1.29, 1.82) is 21.0 Å². The third-order valence-electron chi connectivity index (χ3n) is 21.6. The van der Waals surface area contributed by atoms with E-state index in [0.717, 1.165) is 17.2 Å². The van der Waals surface area contributed by atoms with E-state index in [4.69, 9.17) is 78.5 Å². The smallest absolute Gasteiger partial charge is 0.346 e. The summed E-state index contributed by atoms with van der Waals surface area (Å²) in [4.78, 5) is 124. The maximum atomic E-state index is 17.1. The first-order valence-corrected chi connectivity index (χ1v) is 48.8. The van der Waals surface area contributed by atoms with E-state index >= 15 is 17.6 Å². The fourth-order valence-corrected chi connectivity index (χ4v) is 20.3. The number of imidazole rings is 4. The second-order valence-electron chi connectivity index (χ2n) is 33.1. The molecule has 2 amide bonds. The zero-order valence-corrected chi connectivity index (χ0v) is 79.2. The first-order valence-electron chi connectivity index (χ1n) is 42.8. The van der Waals surface area contributed by atoms with Crippen molar-refractivity contribution in [3.8, 4) is 24.3 Å². The van der Waals surface area contributed by atoms with Crippen LogP contribution in [0.15, 0.2) is 109 Å². The van der Waals surface area contributed by atoms with E-state index in [9.17, 15) is 54.4 Å². The summed E-state index contributed by atoms with van der Waals surface area (Å²) >= 11 is 0. The molecule has 734 valence electrons. The Bertz CT molecular complexity index is 6010. The lowest BCUT2D eigenvalue weighted by Gasteiger charge is -2.32. The van der Waals surface area contributed by atoms with Crippen LogP contribution in [0.5, 0.6) is 0 Å². The minimum absolute atomic E-state index is 0. The number of carbonyl (C=O) groups is 6. The summed E-state index contributed by atoms with van der Waals surface area (Å²) in [6.07, 6.45) is -20.9. The zero-order chi connectivity index (χ0) is 97.8. The molecule has 16 rings (SSSR count). The molecule has 55 heteroatoms. The molecule has 0 spiro atoms. The molecular formula is C84H94B2F4N20O25P4. The number of anilines is 2. The van der Waals surface area contributed by atoms with Crippen LogP contribution >= 0.6 is 32.3 Å². The Morgan fingerprint density at radius 3 is 1.37 bits per heavy atom. The summed E-state index contributed by atoms with van der Waals surface area (Å²) in [5.74, 6) is -2.81. The van der Waals surface area contributed by atoms with E-state index in [-0.39, 0.29) is 180 Å². The summed E-state index contributed by atoms with van der Waals surface area (Å²) < 4.78 is 184. The van der Waals surface area contributed by atoms with E-state index < -0.39 is 193 Å². The van der Waals surface area contributed by atoms with Crippen LogP contribution in [-0.2, 0) is 92.3 Å². The van der Waals surface area contributed by atoms with Gasteiger partial charge in [-0.1, -0.05) is 77.4 Å². The van der Waals surface area contributed by atoms with Gasteiger partial charge in [0.15, 0.2) is 130 Å². The van der Waals surface area contributed by atoms with Crippen molar-refractivity contribution in [2.45, 2.75) is 204 Å². The van der Waals surface area contributed by atoms with Gasteiger partial charge in [-0.25, -0.2) is 95.0 Å². The minimum Gasteiger partial charge on any atom is -0.346 e. The Balaban J connectivity index is 0.000000232. The van der Waals surface area contributed by atoms with Crippen molar-refractivity contribution in [2.75, 3.05) is 63.5 Å². The second-order valence-corrected chi connectivity index (χ2v) is 39.8. The van der Waals surface area contributed by atoms with Crippen LogP contribution in [0, 0.1) is 70.5 Å². The van der Waals surface area contributed by atoms with Gasteiger partial charge in [-0.05, 0) is 45.0 Å². The number of nitrogens with one attached hydrogen (secondary N) is 2. The number of amides is 2. The van der Waals surface area contributed by atoms with Gasteiger partial charge in [-0.3, -0.25) is 65.9 Å². The van der Waals surface area contributed by atoms with E-state index in [1.165, 1.54) is 39.0 Å². The Hall–Kier alpha value is -10.5. The number of aliphatic imine (C=N–C) groups is 2. The molecule has 0 bridgehead atoms. The van der Waals surface area contributed by atoms with Crippen LogP contribution in [0.3, 0.4) is 0 Å². The number of hydrogen-bond acceptors (Lipinski definition) is 39. The number of nitrogens with zero attached hydrogens (tertiary/aromatic N) is 18. The maximum absolute atomic E-state index is 17.1. The van der Waals surface area contributed by atoms with Gasteiger partial charge in [0.25, 0.3) is 27.7 Å². The third kappa shape index (κ3) is 25.4. The van der Waals surface area contributed by atoms with Crippen molar-refractivity contribution in [2.24, 2.45) is 21.8 Å². The van der Waals surface area contributed by atoms with Gasteiger partial charge < -0.3 is 43.2 Å². The lowest BCUT2D eigenvalue weighted by atomic mass is 9.98. The quantitative estimate of drug-likeness (QED) is 0.00862. The second kappa shape index (κ2) is 47.4. The summed E-state index contributed by atoms with van der Waals surface area (Å²) in [5.41, 5.74) is 1.03. The fraction of sp³-hybridized carbons (Fsp3) is 0.500.